The lowest BCUT2D eigenvalue weighted by Gasteiger charge is -2.15. The molecule has 0 saturated carbocycles. The zero-order chi connectivity index (χ0) is 22.8. The summed E-state index contributed by atoms with van der Waals surface area (Å²) >= 11 is 1.52. The largest absolute Gasteiger partial charge is 0.508 e. The molecule has 2 fully saturated rings. The van der Waals surface area contributed by atoms with E-state index < -0.39 is 6.04 Å². The van der Waals surface area contributed by atoms with Crippen molar-refractivity contribution in [2.24, 2.45) is 0 Å². The molecule has 3 unspecified atom stereocenters. The van der Waals surface area contributed by atoms with E-state index >= 15 is 0 Å². The van der Waals surface area contributed by atoms with Crippen molar-refractivity contribution in [1.29, 1.82) is 0 Å². The second kappa shape index (κ2) is 9.80. The number of hydrogen-bond acceptors (Lipinski definition) is 7. The molecule has 2 aromatic rings. The summed E-state index contributed by atoms with van der Waals surface area (Å²) < 4.78 is 5.64. The molecule has 0 bridgehead atoms. The van der Waals surface area contributed by atoms with Crippen LogP contribution in [-0.4, -0.2) is 42.2 Å². The first-order valence-corrected chi connectivity index (χ1v) is 12.6. The summed E-state index contributed by atoms with van der Waals surface area (Å²) in [6.45, 7) is 1.24. The minimum Gasteiger partial charge on any atom is -0.508 e. The van der Waals surface area contributed by atoms with E-state index in [1.807, 2.05) is 12.1 Å². The van der Waals surface area contributed by atoms with Crippen LogP contribution in [0.4, 0.5) is 5.00 Å². The molecule has 176 valence electrons. The lowest BCUT2D eigenvalue weighted by Crippen LogP contribution is -2.40. The maximum atomic E-state index is 13.2. The van der Waals surface area contributed by atoms with Gasteiger partial charge in [-0.05, 0) is 56.6 Å². The van der Waals surface area contributed by atoms with E-state index in [0.29, 0.717) is 23.5 Å². The van der Waals surface area contributed by atoms with Crippen molar-refractivity contribution < 1.29 is 19.4 Å². The monoisotopic (exact) mass is 470 g/mol. The Kier molecular flexibility index (Phi) is 6.64. The molecule has 2 amide bonds. The maximum Gasteiger partial charge on any atom is 0.254 e. The van der Waals surface area contributed by atoms with E-state index in [2.05, 4.69) is 21.5 Å². The number of amides is 2. The number of phenols is 1. The minimum atomic E-state index is -0.475. The molecular weight excluding hydrogens is 440 g/mol. The summed E-state index contributed by atoms with van der Waals surface area (Å²) in [6.07, 6.45) is 6.53. The van der Waals surface area contributed by atoms with Crippen molar-refractivity contribution in [3.8, 4) is 5.75 Å². The SMILES string of the molecule is O=C(NCC1CCCO1)c1c(NC(=O)C2CC(c3ccccc3O)NN2)sc2c1CCCC2. The van der Waals surface area contributed by atoms with Crippen molar-refractivity contribution in [2.75, 3.05) is 18.5 Å². The van der Waals surface area contributed by atoms with Crippen molar-refractivity contribution in [3.05, 3.63) is 45.8 Å². The second-order valence-electron chi connectivity index (χ2n) is 8.94. The van der Waals surface area contributed by atoms with E-state index in [0.717, 1.165) is 56.3 Å². The summed E-state index contributed by atoms with van der Waals surface area (Å²) in [5, 5.41) is 16.8. The lowest BCUT2D eigenvalue weighted by atomic mass is 9.95. The Morgan fingerprint density at radius 1 is 1.15 bits per heavy atom. The summed E-state index contributed by atoms with van der Waals surface area (Å²) in [6, 6.07) is 6.47. The predicted molar refractivity (Wildman–Crippen MR) is 126 cm³/mol. The number of hydrazine groups is 1. The number of carbonyl (C=O) groups is 2. The number of rotatable bonds is 6. The predicted octanol–water partition coefficient (Wildman–Crippen LogP) is 2.79. The molecule has 1 aromatic heterocycles. The Morgan fingerprint density at radius 2 is 2.00 bits per heavy atom. The van der Waals surface area contributed by atoms with Crippen molar-refractivity contribution >= 4 is 28.2 Å². The third kappa shape index (κ3) is 4.77. The smallest absolute Gasteiger partial charge is 0.254 e. The van der Waals surface area contributed by atoms with E-state index in [4.69, 9.17) is 4.74 Å². The van der Waals surface area contributed by atoms with Crippen LogP contribution in [0, 0.1) is 0 Å². The van der Waals surface area contributed by atoms with Gasteiger partial charge in [-0.2, -0.15) is 0 Å². The first-order valence-electron chi connectivity index (χ1n) is 11.7. The number of fused-ring (bicyclic) bond motifs is 1. The van der Waals surface area contributed by atoms with E-state index in [1.165, 1.54) is 16.2 Å². The molecule has 2 saturated heterocycles. The van der Waals surface area contributed by atoms with Gasteiger partial charge in [0.1, 0.15) is 16.8 Å². The van der Waals surface area contributed by atoms with Gasteiger partial charge in [0.05, 0.1) is 17.7 Å². The van der Waals surface area contributed by atoms with Crippen molar-refractivity contribution in [1.82, 2.24) is 16.2 Å². The number of thiophene rings is 1. The van der Waals surface area contributed by atoms with Crippen LogP contribution in [-0.2, 0) is 22.4 Å². The van der Waals surface area contributed by atoms with Gasteiger partial charge in [0.15, 0.2) is 0 Å². The van der Waals surface area contributed by atoms with Gasteiger partial charge in [-0.15, -0.1) is 11.3 Å². The topological polar surface area (TPSA) is 112 Å². The van der Waals surface area contributed by atoms with Gasteiger partial charge in [-0.1, -0.05) is 18.2 Å². The maximum absolute atomic E-state index is 13.2. The van der Waals surface area contributed by atoms with E-state index in [1.54, 1.807) is 12.1 Å². The van der Waals surface area contributed by atoms with Gasteiger partial charge in [0, 0.05) is 23.6 Å². The molecule has 2 aliphatic heterocycles. The first-order chi connectivity index (χ1) is 16.1. The number of aromatic hydroxyl groups is 1. The number of nitrogens with one attached hydrogen (secondary N) is 4. The lowest BCUT2D eigenvalue weighted by molar-refractivity contribution is -0.117. The highest BCUT2D eigenvalue weighted by molar-refractivity contribution is 7.17. The molecular formula is C24H30N4O4S. The quantitative estimate of drug-likeness (QED) is 0.444. The molecule has 5 N–H and O–H groups in total. The van der Waals surface area contributed by atoms with Crippen LogP contribution in [0.15, 0.2) is 24.3 Å². The van der Waals surface area contributed by atoms with Gasteiger partial charge in [0.2, 0.25) is 5.91 Å². The average Bonchev–Trinajstić information content (AvgIpc) is 3.57. The summed E-state index contributed by atoms with van der Waals surface area (Å²) in [5.41, 5.74) is 8.59. The van der Waals surface area contributed by atoms with Gasteiger partial charge in [-0.25, -0.2) is 10.9 Å². The summed E-state index contributed by atoms with van der Waals surface area (Å²) in [7, 11) is 0. The summed E-state index contributed by atoms with van der Waals surface area (Å²) in [4.78, 5) is 27.5. The van der Waals surface area contributed by atoms with Crippen molar-refractivity contribution in [2.45, 2.75) is 63.1 Å². The Hall–Kier alpha value is -2.46. The van der Waals surface area contributed by atoms with Gasteiger partial charge in [-0.3, -0.25) is 9.59 Å². The van der Waals surface area contributed by atoms with E-state index in [9.17, 15) is 14.7 Å². The third-order valence-corrected chi connectivity index (χ3v) is 7.89. The van der Waals surface area contributed by atoms with Crippen LogP contribution in [0.5, 0.6) is 5.75 Å². The average molecular weight is 471 g/mol. The van der Waals surface area contributed by atoms with Crippen LogP contribution in [0.2, 0.25) is 0 Å². The number of ether oxygens (including phenoxy) is 1. The normalized spacial score (nSPS) is 24.4. The molecule has 8 nitrogen and oxygen atoms in total. The molecule has 9 heteroatoms. The third-order valence-electron chi connectivity index (χ3n) is 6.68. The van der Waals surface area contributed by atoms with Crippen LogP contribution >= 0.6 is 11.3 Å². The Morgan fingerprint density at radius 3 is 2.82 bits per heavy atom. The number of carbonyl (C=O) groups excluding carboxylic acids is 2. The van der Waals surface area contributed by atoms with Gasteiger partial charge >= 0.3 is 0 Å². The van der Waals surface area contributed by atoms with Crippen LogP contribution in [0.25, 0.3) is 0 Å². The fourth-order valence-electron chi connectivity index (χ4n) is 4.91. The molecule has 3 atom stereocenters. The molecule has 0 radical (unpaired) electrons. The van der Waals surface area contributed by atoms with Crippen LogP contribution in [0.3, 0.4) is 0 Å². The second-order valence-corrected chi connectivity index (χ2v) is 10.0. The molecule has 3 heterocycles. The van der Waals surface area contributed by atoms with Gasteiger partial charge < -0.3 is 20.5 Å². The molecule has 0 spiro atoms. The van der Waals surface area contributed by atoms with Crippen molar-refractivity contribution in [3.63, 3.8) is 0 Å². The minimum absolute atomic E-state index is 0.0709. The summed E-state index contributed by atoms with van der Waals surface area (Å²) in [5.74, 6) is -0.119. The zero-order valence-corrected chi connectivity index (χ0v) is 19.3. The molecule has 3 aliphatic rings. The number of benzene rings is 1. The highest BCUT2D eigenvalue weighted by Gasteiger charge is 2.33. The number of hydrogen-bond donors (Lipinski definition) is 5. The molecule has 33 heavy (non-hydrogen) atoms. The Labute approximate surface area is 197 Å². The van der Waals surface area contributed by atoms with E-state index in [-0.39, 0.29) is 29.7 Å². The number of phenolic OH excluding ortho intramolecular Hbond substituents is 1. The fourth-order valence-corrected chi connectivity index (χ4v) is 6.20. The molecule has 5 rings (SSSR count). The zero-order valence-electron chi connectivity index (χ0n) is 18.5. The first kappa shape index (κ1) is 22.3. The highest BCUT2D eigenvalue weighted by atomic mass is 32.1. The highest BCUT2D eigenvalue weighted by Crippen LogP contribution is 2.38. The van der Waals surface area contributed by atoms with Gasteiger partial charge in [0.25, 0.3) is 5.91 Å². The molecule has 1 aromatic carbocycles. The fraction of sp³-hybridized carbons (Fsp3) is 0.500. The Bertz CT molecular complexity index is 1030. The standard InChI is InChI=1S/C24H30N4O4S/c29-19-9-3-1-7-15(19)17-12-18(28-27-17)22(30)26-24-21(16-8-2-4-10-20(16)33-24)23(31)25-13-14-6-5-11-32-14/h1,3,7,9,14,17-18,27-29H,2,4-6,8,10-13H2,(H,25,31)(H,26,30). The number of para-hydroxylation sites is 1. The molecule has 1 aliphatic carbocycles. The van der Waals surface area contributed by atoms with Crippen LogP contribution < -0.4 is 21.5 Å². The number of anilines is 1. The number of aryl methyl sites for hydroxylation is 1. The Balaban J connectivity index is 1.29. The van der Waals surface area contributed by atoms with Crippen LogP contribution in [0.1, 0.15) is 64.5 Å².